The van der Waals surface area contributed by atoms with Crippen LogP contribution in [0, 0.1) is 17.0 Å². The molecule has 1 aromatic heterocycles. The number of amides is 2. The van der Waals surface area contributed by atoms with Gasteiger partial charge in [-0.3, -0.25) is 19.7 Å². The smallest absolute Gasteiger partial charge is 0.326 e. The van der Waals surface area contributed by atoms with E-state index in [1.165, 1.54) is 30.3 Å². The Balaban J connectivity index is 1.64. The third kappa shape index (κ3) is 7.39. The molecule has 14 heteroatoms. The number of nitrogens with one attached hydrogen (secondary N) is 2. The Morgan fingerprint density at radius 2 is 1.84 bits per heavy atom. The molecular weight excluding hydrogens is 513 g/mol. The van der Waals surface area contributed by atoms with Gasteiger partial charge in [-0.05, 0) is 31.2 Å². The fourth-order valence-corrected chi connectivity index (χ4v) is 3.97. The number of hydrogen-bond donors (Lipinski definition) is 2. The average molecular weight is 535 g/mol. The number of aromatic nitrogens is 3. The van der Waals surface area contributed by atoms with Crippen molar-refractivity contribution >= 4 is 40.6 Å². The number of anilines is 2. The molecular formula is C23H21F3N6O4S. The molecule has 10 nitrogen and oxygen atoms in total. The van der Waals surface area contributed by atoms with Crippen LogP contribution in [0.4, 0.5) is 30.2 Å². The fourth-order valence-electron chi connectivity index (χ4n) is 3.20. The zero-order valence-corrected chi connectivity index (χ0v) is 20.2. The molecule has 2 aromatic carbocycles. The molecule has 2 amide bonds. The van der Waals surface area contributed by atoms with Gasteiger partial charge in [-0.15, -0.1) is 16.8 Å². The highest BCUT2D eigenvalue weighted by molar-refractivity contribution is 7.99. The van der Waals surface area contributed by atoms with Crippen molar-refractivity contribution in [3.63, 3.8) is 0 Å². The second-order valence-corrected chi connectivity index (χ2v) is 8.64. The van der Waals surface area contributed by atoms with Gasteiger partial charge in [0, 0.05) is 29.5 Å². The summed E-state index contributed by atoms with van der Waals surface area (Å²) in [5, 5.41) is 24.4. The number of carbonyl (C=O) groups excluding carboxylic acids is 2. The Bertz CT molecular complexity index is 1340. The predicted molar refractivity (Wildman–Crippen MR) is 131 cm³/mol. The van der Waals surface area contributed by atoms with Crippen LogP contribution >= 0.6 is 11.8 Å². The number of allylic oxidation sites excluding steroid dienone is 1. The molecule has 0 atom stereocenters. The number of nitro groups is 1. The highest BCUT2D eigenvalue weighted by atomic mass is 32.2. The first-order valence-corrected chi connectivity index (χ1v) is 11.6. The van der Waals surface area contributed by atoms with Crippen molar-refractivity contribution in [2.24, 2.45) is 0 Å². The van der Waals surface area contributed by atoms with E-state index in [9.17, 15) is 32.9 Å². The summed E-state index contributed by atoms with van der Waals surface area (Å²) in [6, 6.07) is 8.59. The first-order valence-electron chi connectivity index (χ1n) is 10.7. The molecule has 2 N–H and O–H groups in total. The number of carbonyl (C=O) groups is 2. The lowest BCUT2D eigenvalue weighted by molar-refractivity contribution is -0.385. The lowest BCUT2D eigenvalue weighted by atomic mass is 10.2. The van der Waals surface area contributed by atoms with E-state index in [-0.39, 0.29) is 41.6 Å². The molecule has 0 aliphatic rings. The first-order chi connectivity index (χ1) is 17.5. The minimum Gasteiger partial charge on any atom is -0.326 e. The number of halogens is 3. The number of aryl methyl sites for hydroxylation is 1. The van der Waals surface area contributed by atoms with Crippen molar-refractivity contribution in [3.8, 4) is 0 Å². The van der Waals surface area contributed by atoms with Crippen LogP contribution in [0.1, 0.15) is 17.0 Å². The molecule has 0 saturated heterocycles. The van der Waals surface area contributed by atoms with Crippen molar-refractivity contribution in [2.75, 3.05) is 16.4 Å². The van der Waals surface area contributed by atoms with E-state index in [1.807, 2.05) is 0 Å². The van der Waals surface area contributed by atoms with Gasteiger partial charge in [0.15, 0.2) is 5.16 Å². The summed E-state index contributed by atoms with van der Waals surface area (Å²) >= 11 is 1.02. The molecule has 194 valence electrons. The quantitative estimate of drug-likeness (QED) is 0.168. The zero-order valence-electron chi connectivity index (χ0n) is 19.4. The first kappa shape index (κ1) is 27.4. The second-order valence-electron chi connectivity index (χ2n) is 7.70. The molecule has 0 fully saturated rings. The summed E-state index contributed by atoms with van der Waals surface area (Å²) in [5.41, 5.74) is -0.305. The average Bonchev–Trinajstić information content (AvgIpc) is 3.19. The van der Waals surface area contributed by atoms with Gasteiger partial charge in [0.2, 0.25) is 11.8 Å². The van der Waals surface area contributed by atoms with Crippen LogP contribution < -0.4 is 10.6 Å². The monoisotopic (exact) mass is 534 g/mol. The van der Waals surface area contributed by atoms with E-state index in [4.69, 9.17) is 0 Å². The van der Waals surface area contributed by atoms with Crippen LogP contribution in [-0.2, 0) is 28.7 Å². The number of nitro benzene ring substituents is 1. The lowest BCUT2D eigenvalue weighted by Crippen LogP contribution is -2.18. The fraction of sp³-hybridized carbons (Fsp3) is 0.217. The molecule has 0 unspecified atom stereocenters. The molecule has 0 aliphatic heterocycles. The summed E-state index contributed by atoms with van der Waals surface area (Å²) in [5.74, 6) is -0.929. The van der Waals surface area contributed by atoms with Crippen molar-refractivity contribution in [1.82, 2.24) is 14.8 Å². The van der Waals surface area contributed by atoms with E-state index in [2.05, 4.69) is 27.4 Å². The normalized spacial score (nSPS) is 11.1. The number of nitrogens with zero attached hydrogens (tertiary/aromatic N) is 4. The van der Waals surface area contributed by atoms with Gasteiger partial charge in [-0.25, -0.2) is 0 Å². The van der Waals surface area contributed by atoms with Gasteiger partial charge < -0.3 is 15.2 Å². The topological polar surface area (TPSA) is 132 Å². The van der Waals surface area contributed by atoms with Crippen LogP contribution in [0.25, 0.3) is 0 Å². The summed E-state index contributed by atoms with van der Waals surface area (Å²) in [4.78, 5) is 35.4. The van der Waals surface area contributed by atoms with E-state index in [1.54, 1.807) is 17.6 Å². The van der Waals surface area contributed by atoms with E-state index >= 15 is 0 Å². The number of benzene rings is 2. The molecule has 0 aliphatic carbocycles. The largest absolute Gasteiger partial charge is 0.416 e. The summed E-state index contributed by atoms with van der Waals surface area (Å²) < 4.78 is 40.3. The maximum absolute atomic E-state index is 12.9. The minimum atomic E-state index is -4.54. The van der Waals surface area contributed by atoms with Crippen LogP contribution in [0.15, 0.2) is 60.3 Å². The third-order valence-electron chi connectivity index (χ3n) is 4.92. The lowest BCUT2D eigenvalue weighted by Gasteiger charge is -2.11. The van der Waals surface area contributed by atoms with Crippen LogP contribution in [0.5, 0.6) is 0 Å². The van der Waals surface area contributed by atoms with E-state index in [0.717, 1.165) is 23.9 Å². The highest BCUT2D eigenvalue weighted by Crippen LogP contribution is 2.30. The Morgan fingerprint density at radius 3 is 2.51 bits per heavy atom. The van der Waals surface area contributed by atoms with Gasteiger partial charge in [0.1, 0.15) is 5.82 Å². The number of rotatable bonds is 10. The number of alkyl halides is 3. The van der Waals surface area contributed by atoms with Crippen molar-refractivity contribution in [3.05, 3.63) is 82.2 Å². The highest BCUT2D eigenvalue weighted by Gasteiger charge is 2.30. The Kier molecular flexibility index (Phi) is 8.65. The Morgan fingerprint density at radius 1 is 1.14 bits per heavy atom. The SMILES string of the molecule is C=CCn1c(CC(=O)Nc2cccc(C(F)(F)F)c2)nnc1SCC(=O)Nc1ccc(C)c([N+](=O)[O-])c1. The Labute approximate surface area is 213 Å². The zero-order chi connectivity index (χ0) is 27.2. The van der Waals surface area contributed by atoms with Crippen LogP contribution in [0.3, 0.4) is 0 Å². The van der Waals surface area contributed by atoms with Crippen molar-refractivity contribution < 1.29 is 27.7 Å². The number of thioether (sulfide) groups is 1. The molecule has 0 spiro atoms. The molecule has 0 saturated carbocycles. The van der Waals surface area contributed by atoms with E-state index in [0.29, 0.717) is 10.7 Å². The molecule has 3 rings (SSSR count). The van der Waals surface area contributed by atoms with E-state index < -0.39 is 28.5 Å². The van der Waals surface area contributed by atoms with Gasteiger partial charge in [0.05, 0.1) is 22.7 Å². The molecule has 37 heavy (non-hydrogen) atoms. The summed E-state index contributed by atoms with van der Waals surface area (Å²) in [6.07, 6.45) is -3.29. The van der Waals surface area contributed by atoms with Gasteiger partial charge >= 0.3 is 6.18 Å². The van der Waals surface area contributed by atoms with Gasteiger partial charge in [0.25, 0.3) is 5.69 Å². The molecule has 1 heterocycles. The minimum absolute atomic E-state index is 0.0165. The van der Waals surface area contributed by atoms with Gasteiger partial charge in [-0.2, -0.15) is 13.2 Å². The Hall–Kier alpha value is -4.20. The van der Waals surface area contributed by atoms with Crippen LogP contribution in [0.2, 0.25) is 0 Å². The van der Waals surface area contributed by atoms with Crippen molar-refractivity contribution in [1.29, 1.82) is 0 Å². The predicted octanol–water partition coefficient (Wildman–Crippen LogP) is 4.61. The molecule has 3 aromatic rings. The van der Waals surface area contributed by atoms with Gasteiger partial charge in [-0.1, -0.05) is 30.0 Å². The maximum atomic E-state index is 12.9. The standard InChI is InChI=1S/C23H21F3N6O4S/c1-3-9-31-19(12-20(33)27-16-6-4-5-15(10-16)23(24,25)26)29-30-22(31)37-13-21(34)28-17-8-7-14(2)18(11-17)32(35)36/h3-8,10-11H,1,9,12-13H2,2H3,(H,27,33)(H,28,34). The van der Waals surface area contributed by atoms with Crippen molar-refractivity contribution in [2.45, 2.75) is 31.2 Å². The number of hydrogen-bond acceptors (Lipinski definition) is 7. The molecule has 0 bridgehead atoms. The third-order valence-corrected chi connectivity index (χ3v) is 5.89. The summed E-state index contributed by atoms with van der Waals surface area (Å²) in [7, 11) is 0. The summed E-state index contributed by atoms with van der Waals surface area (Å²) in [6.45, 7) is 5.45. The molecule has 0 radical (unpaired) electrons. The second kappa shape index (κ2) is 11.7. The maximum Gasteiger partial charge on any atom is 0.416 e. The van der Waals surface area contributed by atoms with Crippen LogP contribution in [-0.4, -0.2) is 37.3 Å².